The Morgan fingerprint density at radius 1 is 1.12 bits per heavy atom. The summed E-state index contributed by atoms with van der Waals surface area (Å²) in [6.45, 7) is 5.73. The fourth-order valence-electron chi connectivity index (χ4n) is 4.20. The van der Waals surface area contributed by atoms with Crippen LogP contribution in [-0.4, -0.2) is 18.2 Å². The van der Waals surface area contributed by atoms with Crippen molar-refractivity contribution in [1.29, 1.82) is 0 Å². The Morgan fingerprint density at radius 3 is 2.47 bits per heavy atom. The van der Waals surface area contributed by atoms with Gasteiger partial charge >= 0.3 is 6.18 Å². The lowest BCUT2D eigenvalue weighted by Crippen LogP contribution is -3.08. The number of nitrogens with one attached hydrogen (secondary N) is 1. The number of aromatic hydroxyl groups is 1. The van der Waals surface area contributed by atoms with E-state index >= 15 is 0 Å². The molecule has 1 aromatic heterocycles. The normalized spacial score (nSPS) is 15.1. The van der Waals surface area contributed by atoms with Crippen LogP contribution in [0.3, 0.4) is 0 Å². The molecule has 0 saturated carbocycles. The van der Waals surface area contributed by atoms with Crippen molar-refractivity contribution in [3.63, 3.8) is 0 Å². The summed E-state index contributed by atoms with van der Waals surface area (Å²) in [5.74, 6) is -2.45. The third-order valence-electron chi connectivity index (χ3n) is 5.84. The van der Waals surface area contributed by atoms with Crippen LogP contribution in [0, 0.1) is 0 Å². The first-order valence-electron chi connectivity index (χ1n) is 10.7. The molecule has 0 atom stereocenters. The van der Waals surface area contributed by atoms with Crippen molar-refractivity contribution in [1.82, 2.24) is 0 Å². The van der Waals surface area contributed by atoms with E-state index in [9.17, 15) is 23.1 Å². The first kappa shape index (κ1) is 22.2. The standard InChI is InChI=1S/C24H24F3NO4/c1-14(2)15-7-3-4-8-19(15)31-22-20(30)16-9-10-18(29)17(13-28-11-5-6-12-28)21(16)32-23(22)24(25,26)27/h3-4,7-10,14,29H,5-6,11-13H2,1-2H3/p+1. The van der Waals surface area contributed by atoms with Crippen molar-refractivity contribution < 1.29 is 32.3 Å². The zero-order chi connectivity index (χ0) is 23.0. The Morgan fingerprint density at radius 2 is 1.81 bits per heavy atom. The van der Waals surface area contributed by atoms with Crippen LogP contribution in [0.2, 0.25) is 0 Å². The van der Waals surface area contributed by atoms with E-state index in [1.165, 1.54) is 18.2 Å². The lowest BCUT2D eigenvalue weighted by atomic mass is 10.0. The van der Waals surface area contributed by atoms with Crippen molar-refractivity contribution in [2.75, 3.05) is 13.1 Å². The number of alkyl halides is 3. The number of rotatable bonds is 5. The number of phenols is 1. The van der Waals surface area contributed by atoms with Gasteiger partial charge in [-0.2, -0.15) is 13.2 Å². The van der Waals surface area contributed by atoms with Crippen molar-refractivity contribution in [3.05, 3.63) is 63.5 Å². The van der Waals surface area contributed by atoms with Crippen LogP contribution in [0.5, 0.6) is 17.2 Å². The molecule has 5 nitrogen and oxygen atoms in total. The largest absolute Gasteiger partial charge is 0.507 e. The summed E-state index contributed by atoms with van der Waals surface area (Å²) in [6.07, 6.45) is -2.95. The molecule has 0 bridgehead atoms. The quantitative estimate of drug-likeness (QED) is 0.598. The molecule has 0 unspecified atom stereocenters. The number of quaternary nitrogens is 1. The lowest BCUT2D eigenvalue weighted by molar-refractivity contribution is -0.901. The van der Waals surface area contributed by atoms with Gasteiger partial charge in [-0.05, 0) is 29.7 Å². The van der Waals surface area contributed by atoms with E-state index in [1.807, 2.05) is 13.8 Å². The van der Waals surface area contributed by atoms with Gasteiger partial charge < -0.3 is 19.2 Å². The number of halogens is 3. The summed E-state index contributed by atoms with van der Waals surface area (Å²) in [7, 11) is 0. The van der Waals surface area contributed by atoms with E-state index in [1.54, 1.807) is 18.2 Å². The Kier molecular flexibility index (Phi) is 5.90. The molecule has 0 radical (unpaired) electrons. The van der Waals surface area contributed by atoms with E-state index in [-0.39, 0.29) is 40.5 Å². The molecule has 4 rings (SSSR count). The van der Waals surface area contributed by atoms with E-state index in [0.717, 1.165) is 30.8 Å². The average Bonchev–Trinajstić information content (AvgIpc) is 3.24. The van der Waals surface area contributed by atoms with Crippen LogP contribution in [0.4, 0.5) is 13.2 Å². The minimum absolute atomic E-state index is 0.0278. The maximum atomic E-state index is 14.0. The molecule has 8 heteroatoms. The SMILES string of the molecule is CC(C)c1ccccc1Oc1c(C(F)(F)F)oc2c(C[NH+]3CCCC3)c(O)ccc2c1=O. The van der Waals surface area contributed by atoms with Crippen LogP contribution < -0.4 is 15.1 Å². The molecule has 1 aliphatic rings. The Labute approximate surface area is 183 Å². The van der Waals surface area contributed by atoms with Crippen LogP contribution >= 0.6 is 0 Å². The van der Waals surface area contributed by atoms with Gasteiger partial charge in [0.15, 0.2) is 5.58 Å². The number of hydrogen-bond acceptors (Lipinski definition) is 4. The molecule has 170 valence electrons. The summed E-state index contributed by atoms with van der Waals surface area (Å²) in [6, 6.07) is 9.25. The van der Waals surface area contributed by atoms with Crippen LogP contribution in [0.25, 0.3) is 11.0 Å². The molecule has 2 heterocycles. The number of ether oxygens (including phenoxy) is 1. The smallest absolute Gasteiger partial charge is 0.453 e. The molecule has 0 amide bonds. The minimum Gasteiger partial charge on any atom is -0.507 e. The van der Waals surface area contributed by atoms with Crippen molar-refractivity contribution in [2.45, 2.75) is 45.3 Å². The first-order valence-corrected chi connectivity index (χ1v) is 10.7. The van der Waals surface area contributed by atoms with Gasteiger partial charge in [0.1, 0.15) is 18.0 Å². The van der Waals surface area contributed by atoms with Gasteiger partial charge in [-0.1, -0.05) is 32.0 Å². The second-order valence-electron chi connectivity index (χ2n) is 8.46. The zero-order valence-electron chi connectivity index (χ0n) is 17.9. The lowest BCUT2D eigenvalue weighted by Gasteiger charge is -2.18. The molecule has 0 aliphatic carbocycles. The van der Waals surface area contributed by atoms with Gasteiger partial charge in [0.2, 0.25) is 11.2 Å². The summed E-state index contributed by atoms with van der Waals surface area (Å²) in [5.41, 5.74) is -0.290. The second kappa shape index (κ2) is 8.50. The molecule has 1 aliphatic heterocycles. The molecule has 32 heavy (non-hydrogen) atoms. The maximum absolute atomic E-state index is 14.0. The zero-order valence-corrected chi connectivity index (χ0v) is 17.9. The summed E-state index contributed by atoms with van der Waals surface area (Å²) < 4.78 is 52.8. The van der Waals surface area contributed by atoms with Gasteiger partial charge in [0.05, 0.1) is 24.0 Å². The van der Waals surface area contributed by atoms with Gasteiger partial charge in [-0.15, -0.1) is 0 Å². The third-order valence-corrected chi connectivity index (χ3v) is 5.84. The van der Waals surface area contributed by atoms with Crippen molar-refractivity contribution >= 4 is 11.0 Å². The molecular formula is C24H25F3NO4+. The van der Waals surface area contributed by atoms with E-state index in [4.69, 9.17) is 9.15 Å². The van der Waals surface area contributed by atoms with Gasteiger partial charge in [0, 0.05) is 12.8 Å². The molecule has 1 saturated heterocycles. The molecule has 3 aromatic rings. The molecule has 2 N–H and O–H groups in total. The maximum Gasteiger partial charge on any atom is 0.453 e. The number of hydrogen-bond donors (Lipinski definition) is 2. The highest BCUT2D eigenvalue weighted by atomic mass is 19.4. The third kappa shape index (κ3) is 4.19. The molecular weight excluding hydrogens is 423 g/mol. The van der Waals surface area contributed by atoms with Gasteiger partial charge in [-0.25, -0.2) is 0 Å². The number of benzene rings is 2. The monoisotopic (exact) mass is 448 g/mol. The van der Waals surface area contributed by atoms with Crippen molar-refractivity contribution in [3.8, 4) is 17.2 Å². The summed E-state index contributed by atoms with van der Waals surface area (Å²) in [4.78, 5) is 14.3. The fourth-order valence-corrected chi connectivity index (χ4v) is 4.20. The van der Waals surface area contributed by atoms with Crippen LogP contribution in [0.15, 0.2) is 45.6 Å². The fraction of sp³-hybridized carbons (Fsp3) is 0.375. The van der Waals surface area contributed by atoms with E-state index < -0.39 is 23.1 Å². The molecule has 1 fully saturated rings. The number of para-hydroxylation sites is 1. The van der Waals surface area contributed by atoms with Crippen LogP contribution in [0.1, 0.15) is 49.5 Å². The minimum atomic E-state index is -4.96. The average molecular weight is 448 g/mol. The van der Waals surface area contributed by atoms with E-state index in [0.29, 0.717) is 5.56 Å². The highest BCUT2D eigenvalue weighted by Crippen LogP contribution is 2.40. The number of fused-ring (bicyclic) bond motifs is 1. The molecule has 2 aromatic carbocycles. The summed E-state index contributed by atoms with van der Waals surface area (Å²) in [5, 5.41) is 10.3. The highest BCUT2D eigenvalue weighted by molar-refractivity contribution is 5.83. The first-order chi connectivity index (χ1) is 15.2. The van der Waals surface area contributed by atoms with Crippen LogP contribution in [-0.2, 0) is 12.7 Å². The van der Waals surface area contributed by atoms with Crippen molar-refractivity contribution in [2.24, 2.45) is 0 Å². The predicted octanol–water partition coefficient (Wildman–Crippen LogP) is 4.61. The summed E-state index contributed by atoms with van der Waals surface area (Å²) >= 11 is 0. The highest BCUT2D eigenvalue weighted by Gasteiger charge is 2.41. The van der Waals surface area contributed by atoms with E-state index in [2.05, 4.69) is 0 Å². The number of phenolic OH excluding ortho intramolecular Hbond substituents is 1. The number of likely N-dealkylation sites (tertiary alicyclic amines) is 1. The predicted molar refractivity (Wildman–Crippen MR) is 113 cm³/mol. The van der Waals surface area contributed by atoms with Gasteiger partial charge in [0.25, 0.3) is 5.76 Å². The topological polar surface area (TPSA) is 64.1 Å². The van der Waals surface area contributed by atoms with Gasteiger partial charge in [-0.3, -0.25) is 4.79 Å². The Balaban J connectivity index is 1.91. The molecule has 0 spiro atoms. The Bertz CT molecular complexity index is 1190. The second-order valence-corrected chi connectivity index (χ2v) is 8.46. The Hall–Kier alpha value is -3.00.